The van der Waals surface area contributed by atoms with Crippen molar-refractivity contribution in [2.45, 2.75) is 0 Å². The quantitative estimate of drug-likeness (QED) is 0.383. The molecule has 1 radical (unpaired) electrons. The lowest BCUT2D eigenvalue weighted by molar-refractivity contribution is -0.892. The monoisotopic (exact) mass is 114 g/mol. The summed E-state index contributed by atoms with van der Waals surface area (Å²) in [5, 5.41) is 4.26. The zero-order valence-corrected chi connectivity index (χ0v) is 5.72. The Bertz CT molecular complexity index is 70.6. The first-order valence-corrected chi connectivity index (χ1v) is 3.16. The highest BCUT2D eigenvalue weighted by Crippen LogP contribution is 1.97. The van der Waals surface area contributed by atoms with Crippen molar-refractivity contribution in [1.29, 1.82) is 0 Å². The summed E-state index contributed by atoms with van der Waals surface area (Å²) < 4.78 is 1.16. The van der Waals surface area contributed by atoms with Gasteiger partial charge in [0.25, 0.3) is 0 Å². The van der Waals surface area contributed by atoms with Crippen molar-refractivity contribution in [3.8, 4) is 0 Å². The van der Waals surface area contributed by atoms with E-state index in [9.17, 15) is 0 Å². The highest BCUT2D eigenvalue weighted by atomic mass is 15.3. The molecule has 1 aliphatic rings. The highest BCUT2D eigenvalue weighted by Gasteiger charge is 2.18. The van der Waals surface area contributed by atoms with Gasteiger partial charge in [-0.1, -0.05) is 0 Å². The van der Waals surface area contributed by atoms with Crippen LogP contribution in [0.5, 0.6) is 0 Å². The molecule has 0 spiro atoms. The molecule has 1 aliphatic heterocycles. The number of rotatable bonds is 0. The van der Waals surface area contributed by atoms with E-state index >= 15 is 0 Å². The minimum atomic E-state index is 1.06. The average molecular weight is 114 g/mol. The summed E-state index contributed by atoms with van der Waals surface area (Å²) in [6.07, 6.45) is 0. The summed E-state index contributed by atoms with van der Waals surface area (Å²) in [6, 6.07) is 0. The van der Waals surface area contributed by atoms with Crippen LogP contribution < -0.4 is 5.32 Å². The fourth-order valence-corrected chi connectivity index (χ4v) is 0.906. The normalized spacial score (nSPS) is 27.8. The largest absolute Gasteiger partial charge is 0.326 e. The zero-order valence-electron chi connectivity index (χ0n) is 5.72. The lowest BCUT2D eigenvalue weighted by Crippen LogP contribution is -2.50. The van der Waals surface area contributed by atoms with Crippen molar-refractivity contribution < 1.29 is 4.48 Å². The molecule has 2 nitrogen and oxygen atoms in total. The minimum absolute atomic E-state index is 1.06. The van der Waals surface area contributed by atoms with Crippen LogP contribution in [-0.4, -0.2) is 44.8 Å². The van der Waals surface area contributed by atoms with Gasteiger partial charge in [0.15, 0.2) is 0 Å². The van der Waals surface area contributed by atoms with E-state index in [-0.39, 0.29) is 0 Å². The second kappa shape index (κ2) is 2.03. The van der Waals surface area contributed by atoms with E-state index in [0.29, 0.717) is 0 Å². The van der Waals surface area contributed by atoms with Gasteiger partial charge in [-0.25, -0.2) is 5.32 Å². The third kappa shape index (κ3) is 1.46. The molecule has 0 aromatic rings. The maximum Gasteiger partial charge on any atom is 0.0926 e. The number of likely N-dealkylation sites (N-methyl/N-ethyl adjacent to an activating group) is 1. The third-order valence-electron chi connectivity index (χ3n) is 1.73. The van der Waals surface area contributed by atoms with Crippen molar-refractivity contribution in [3.05, 3.63) is 0 Å². The van der Waals surface area contributed by atoms with Crippen molar-refractivity contribution >= 4 is 0 Å². The molecule has 1 heterocycles. The fraction of sp³-hybridized carbons (Fsp3) is 1.00. The topological polar surface area (TPSA) is 14.1 Å². The summed E-state index contributed by atoms with van der Waals surface area (Å²) in [4.78, 5) is 0. The van der Waals surface area contributed by atoms with Gasteiger partial charge in [0.05, 0.1) is 40.3 Å². The minimum Gasteiger partial charge on any atom is -0.326 e. The predicted octanol–water partition coefficient (Wildman–Crippen LogP) is -0.319. The molecule has 8 heavy (non-hydrogen) atoms. The Balaban J connectivity index is 2.33. The van der Waals surface area contributed by atoms with Gasteiger partial charge in [0.2, 0.25) is 0 Å². The zero-order chi connectivity index (χ0) is 6.04. The molecule has 0 aromatic carbocycles. The molecule has 0 aliphatic carbocycles. The van der Waals surface area contributed by atoms with Crippen LogP contribution in [0.4, 0.5) is 0 Å². The van der Waals surface area contributed by atoms with Crippen LogP contribution in [0, 0.1) is 0 Å². The Morgan fingerprint density at radius 2 is 1.62 bits per heavy atom. The van der Waals surface area contributed by atoms with E-state index in [2.05, 4.69) is 19.4 Å². The smallest absolute Gasteiger partial charge is 0.0926 e. The third-order valence-corrected chi connectivity index (χ3v) is 1.73. The van der Waals surface area contributed by atoms with E-state index in [1.165, 1.54) is 13.1 Å². The Morgan fingerprint density at radius 1 is 1.12 bits per heavy atom. The van der Waals surface area contributed by atoms with E-state index in [1.807, 2.05) is 0 Å². The second-order valence-corrected chi connectivity index (χ2v) is 3.05. The molecule has 0 unspecified atom stereocenters. The van der Waals surface area contributed by atoms with Crippen LogP contribution in [0.2, 0.25) is 0 Å². The molecule has 47 valence electrons. The van der Waals surface area contributed by atoms with Crippen molar-refractivity contribution in [3.63, 3.8) is 0 Å². The number of hydrogen-bond donors (Lipinski definition) is 0. The second-order valence-electron chi connectivity index (χ2n) is 3.05. The van der Waals surface area contributed by atoms with Gasteiger partial charge in [0, 0.05) is 0 Å². The first-order chi connectivity index (χ1) is 3.71. The number of quaternary nitrogens is 1. The summed E-state index contributed by atoms with van der Waals surface area (Å²) >= 11 is 0. The van der Waals surface area contributed by atoms with Crippen LogP contribution in [-0.2, 0) is 0 Å². The Hall–Kier alpha value is -0.0800. The van der Waals surface area contributed by atoms with E-state index in [4.69, 9.17) is 0 Å². The molecule has 2 heteroatoms. The molecule has 0 amide bonds. The molecule has 0 saturated carbocycles. The summed E-state index contributed by atoms with van der Waals surface area (Å²) in [5.41, 5.74) is 0. The number of piperazine rings is 1. The molecule has 0 bridgehead atoms. The summed E-state index contributed by atoms with van der Waals surface area (Å²) in [7, 11) is 4.52. The van der Waals surface area contributed by atoms with Crippen LogP contribution in [0.1, 0.15) is 0 Å². The summed E-state index contributed by atoms with van der Waals surface area (Å²) in [6.45, 7) is 4.57. The highest BCUT2D eigenvalue weighted by molar-refractivity contribution is 4.51. The van der Waals surface area contributed by atoms with Crippen molar-refractivity contribution in [1.82, 2.24) is 5.32 Å². The van der Waals surface area contributed by atoms with Crippen LogP contribution in [0.15, 0.2) is 0 Å². The molecular weight excluding hydrogens is 100 g/mol. The SMILES string of the molecule is C[N+]1(C)CC[N]CC1. The van der Waals surface area contributed by atoms with E-state index in [1.54, 1.807) is 0 Å². The van der Waals surface area contributed by atoms with Crippen LogP contribution in [0.25, 0.3) is 0 Å². The van der Waals surface area contributed by atoms with Gasteiger partial charge in [-0.2, -0.15) is 0 Å². The van der Waals surface area contributed by atoms with Crippen molar-refractivity contribution in [2.75, 3.05) is 40.3 Å². The average Bonchev–Trinajstić information content (AvgIpc) is 1.65. The molecule has 1 rings (SSSR count). The maximum atomic E-state index is 4.26. The summed E-state index contributed by atoms with van der Waals surface area (Å²) in [5.74, 6) is 0. The van der Waals surface area contributed by atoms with Gasteiger partial charge < -0.3 is 4.48 Å². The van der Waals surface area contributed by atoms with Gasteiger partial charge in [-0.3, -0.25) is 0 Å². The Labute approximate surface area is 51.1 Å². The number of nitrogens with zero attached hydrogens (tertiary/aromatic N) is 2. The lowest BCUT2D eigenvalue weighted by Gasteiger charge is -2.32. The van der Waals surface area contributed by atoms with Crippen molar-refractivity contribution in [2.24, 2.45) is 0 Å². The molecule has 0 aromatic heterocycles. The molecule has 0 N–H and O–H groups in total. The molecule has 1 fully saturated rings. The van der Waals surface area contributed by atoms with Gasteiger partial charge >= 0.3 is 0 Å². The Kier molecular flexibility index (Phi) is 1.54. The lowest BCUT2D eigenvalue weighted by atomic mass is 10.3. The standard InChI is InChI=1S/C6H14N2/c1-8(2)5-3-7-4-6-8/h3-6H2,1-2H3/q+1. The first kappa shape index (κ1) is 6.05. The molecule has 0 atom stereocenters. The molecule has 1 saturated heterocycles. The van der Waals surface area contributed by atoms with E-state index in [0.717, 1.165) is 17.6 Å². The maximum absolute atomic E-state index is 4.26. The van der Waals surface area contributed by atoms with Gasteiger partial charge in [0.1, 0.15) is 0 Å². The van der Waals surface area contributed by atoms with E-state index < -0.39 is 0 Å². The van der Waals surface area contributed by atoms with Crippen LogP contribution in [0.3, 0.4) is 0 Å². The fourth-order valence-electron chi connectivity index (χ4n) is 0.906. The Morgan fingerprint density at radius 3 is 1.88 bits per heavy atom. The molecular formula is C6H14N2+. The van der Waals surface area contributed by atoms with Gasteiger partial charge in [-0.05, 0) is 0 Å². The number of hydrogen-bond acceptors (Lipinski definition) is 0. The predicted molar refractivity (Wildman–Crippen MR) is 33.7 cm³/mol. The first-order valence-electron chi connectivity index (χ1n) is 3.16. The van der Waals surface area contributed by atoms with Crippen LogP contribution >= 0.6 is 0 Å². The van der Waals surface area contributed by atoms with Gasteiger partial charge in [-0.15, -0.1) is 0 Å².